The van der Waals surface area contributed by atoms with Crippen LogP contribution in [0.3, 0.4) is 0 Å². The van der Waals surface area contributed by atoms with Crippen molar-refractivity contribution in [2.45, 2.75) is 19.8 Å². The molecule has 1 amide bonds. The maximum absolute atomic E-state index is 12.5. The van der Waals surface area contributed by atoms with Gasteiger partial charge in [-0.3, -0.25) is 4.79 Å². The predicted molar refractivity (Wildman–Crippen MR) is 100 cm³/mol. The van der Waals surface area contributed by atoms with Crippen LogP contribution in [0.2, 0.25) is 0 Å². The lowest BCUT2D eigenvalue weighted by Crippen LogP contribution is -2.15. The van der Waals surface area contributed by atoms with Crippen molar-refractivity contribution in [3.63, 3.8) is 0 Å². The zero-order chi connectivity index (χ0) is 19.2. The highest BCUT2D eigenvalue weighted by Gasteiger charge is 2.12. The Labute approximate surface area is 157 Å². The number of ether oxygens (including phenoxy) is 2. The molecule has 2 aromatic carbocycles. The van der Waals surface area contributed by atoms with E-state index in [4.69, 9.17) is 14.0 Å². The van der Waals surface area contributed by atoms with E-state index in [0.29, 0.717) is 29.6 Å². The van der Waals surface area contributed by atoms with Gasteiger partial charge in [0.1, 0.15) is 0 Å². The highest BCUT2D eigenvalue weighted by atomic mass is 16.5. The van der Waals surface area contributed by atoms with Gasteiger partial charge in [-0.1, -0.05) is 29.4 Å². The van der Waals surface area contributed by atoms with Crippen molar-refractivity contribution in [2.75, 3.05) is 19.5 Å². The second kappa shape index (κ2) is 8.35. The average molecular weight is 367 g/mol. The monoisotopic (exact) mass is 367 g/mol. The van der Waals surface area contributed by atoms with Gasteiger partial charge in [-0.2, -0.15) is 4.98 Å². The number of benzene rings is 2. The van der Waals surface area contributed by atoms with Crippen LogP contribution in [0.25, 0.3) is 0 Å². The second-order valence-corrected chi connectivity index (χ2v) is 5.98. The molecule has 0 aliphatic rings. The number of carbonyl (C=O) groups is 1. The lowest BCUT2D eigenvalue weighted by Gasteiger charge is -2.11. The number of carbonyl (C=O) groups excluding carboxylic acids is 1. The van der Waals surface area contributed by atoms with Crippen molar-refractivity contribution >= 4 is 11.6 Å². The van der Waals surface area contributed by atoms with Gasteiger partial charge < -0.3 is 19.3 Å². The van der Waals surface area contributed by atoms with Crippen molar-refractivity contribution in [3.8, 4) is 11.5 Å². The number of methoxy groups -OCH3 is 2. The van der Waals surface area contributed by atoms with Crippen LogP contribution >= 0.6 is 0 Å². The summed E-state index contributed by atoms with van der Waals surface area (Å²) in [6, 6.07) is 13.0. The molecule has 0 aliphatic carbocycles. The highest BCUT2D eigenvalue weighted by Crippen LogP contribution is 2.28. The van der Waals surface area contributed by atoms with Gasteiger partial charge in [0.15, 0.2) is 17.3 Å². The summed E-state index contributed by atoms with van der Waals surface area (Å²) in [7, 11) is 3.14. The normalized spacial score (nSPS) is 10.5. The Balaban J connectivity index is 1.71. The minimum absolute atomic E-state index is 0.128. The van der Waals surface area contributed by atoms with Gasteiger partial charge >= 0.3 is 0 Å². The van der Waals surface area contributed by atoms with E-state index < -0.39 is 0 Å². The molecule has 1 aromatic heterocycles. The average Bonchev–Trinajstić information content (AvgIpc) is 3.08. The quantitative estimate of drug-likeness (QED) is 0.690. The fourth-order valence-corrected chi connectivity index (χ4v) is 2.74. The molecule has 140 valence electrons. The smallest absolute Gasteiger partial charge is 0.231 e. The summed E-state index contributed by atoms with van der Waals surface area (Å²) in [6.07, 6.45) is 0.669. The van der Waals surface area contributed by atoms with E-state index in [1.807, 2.05) is 30.3 Å². The third kappa shape index (κ3) is 4.63. The van der Waals surface area contributed by atoms with E-state index in [-0.39, 0.29) is 12.3 Å². The van der Waals surface area contributed by atoms with E-state index in [9.17, 15) is 4.79 Å². The molecule has 3 aromatic rings. The Hall–Kier alpha value is -3.35. The number of aromatic nitrogens is 2. The maximum atomic E-state index is 12.5. The van der Waals surface area contributed by atoms with Crippen LogP contribution in [0.15, 0.2) is 47.0 Å². The minimum atomic E-state index is -0.128. The Morgan fingerprint density at radius 2 is 1.89 bits per heavy atom. The first-order valence-electron chi connectivity index (χ1n) is 8.47. The molecule has 0 saturated carbocycles. The van der Waals surface area contributed by atoms with Crippen molar-refractivity contribution in [1.29, 1.82) is 0 Å². The van der Waals surface area contributed by atoms with Gasteiger partial charge in [0.05, 0.1) is 27.1 Å². The number of amides is 1. The third-order valence-corrected chi connectivity index (χ3v) is 4.02. The fraction of sp³-hybridized carbons (Fsp3) is 0.250. The predicted octanol–water partition coefficient (Wildman–Crippen LogP) is 3.17. The molecule has 1 heterocycles. The molecule has 0 atom stereocenters. The van der Waals surface area contributed by atoms with E-state index in [1.165, 1.54) is 0 Å². The first kappa shape index (κ1) is 18.4. The summed E-state index contributed by atoms with van der Waals surface area (Å²) < 4.78 is 15.7. The molecular formula is C20H21N3O4. The number of nitrogens with zero attached hydrogens (tertiary/aromatic N) is 2. The largest absolute Gasteiger partial charge is 0.493 e. The molecule has 1 N–H and O–H groups in total. The van der Waals surface area contributed by atoms with E-state index >= 15 is 0 Å². The summed E-state index contributed by atoms with van der Waals surface area (Å²) in [5.74, 6) is 2.18. The maximum Gasteiger partial charge on any atom is 0.231 e. The van der Waals surface area contributed by atoms with Gasteiger partial charge in [0.25, 0.3) is 0 Å². The molecule has 0 unspecified atom stereocenters. The fourth-order valence-electron chi connectivity index (χ4n) is 2.74. The zero-order valence-electron chi connectivity index (χ0n) is 15.5. The number of hydrogen-bond donors (Lipinski definition) is 1. The van der Waals surface area contributed by atoms with Crippen LogP contribution < -0.4 is 14.8 Å². The lowest BCUT2D eigenvalue weighted by molar-refractivity contribution is -0.115. The lowest BCUT2D eigenvalue weighted by atomic mass is 10.1. The second-order valence-electron chi connectivity index (χ2n) is 5.98. The molecule has 0 spiro atoms. The number of para-hydroxylation sites is 1. The van der Waals surface area contributed by atoms with Crippen LogP contribution in [0.1, 0.15) is 22.8 Å². The number of nitrogens with one attached hydrogen (secondary N) is 1. The Bertz CT molecular complexity index is 936. The zero-order valence-corrected chi connectivity index (χ0v) is 15.5. The van der Waals surface area contributed by atoms with E-state index in [1.54, 1.807) is 33.3 Å². The van der Waals surface area contributed by atoms with Gasteiger partial charge in [-0.25, -0.2) is 0 Å². The molecule has 0 saturated heterocycles. The Morgan fingerprint density at radius 1 is 1.11 bits per heavy atom. The molecule has 0 bridgehead atoms. The molecule has 0 fully saturated rings. The first-order chi connectivity index (χ1) is 13.1. The molecule has 3 rings (SSSR count). The molecule has 27 heavy (non-hydrogen) atoms. The molecular weight excluding hydrogens is 346 g/mol. The van der Waals surface area contributed by atoms with Gasteiger partial charge in [-0.05, 0) is 36.2 Å². The minimum Gasteiger partial charge on any atom is -0.493 e. The standard InChI is InChI=1S/C20H21N3O4/c1-13-21-20(27-23-13)12-15-6-4-5-7-16(15)22-19(24)11-14-8-9-17(25-2)18(10-14)26-3/h4-10H,11-12H2,1-3H3,(H,22,24). The Morgan fingerprint density at radius 3 is 2.59 bits per heavy atom. The summed E-state index contributed by atoms with van der Waals surface area (Å²) in [5, 5.41) is 6.75. The Kier molecular flexibility index (Phi) is 5.71. The van der Waals surface area contributed by atoms with Crippen molar-refractivity contribution in [3.05, 3.63) is 65.3 Å². The van der Waals surface area contributed by atoms with Gasteiger partial charge in [0.2, 0.25) is 11.8 Å². The van der Waals surface area contributed by atoms with Crippen molar-refractivity contribution in [1.82, 2.24) is 10.1 Å². The summed E-state index contributed by atoms with van der Waals surface area (Å²) in [4.78, 5) is 16.7. The van der Waals surface area contributed by atoms with Gasteiger partial charge in [-0.15, -0.1) is 0 Å². The summed E-state index contributed by atoms with van der Waals surface area (Å²) in [6.45, 7) is 1.77. The third-order valence-electron chi connectivity index (χ3n) is 4.02. The van der Waals surface area contributed by atoms with E-state index in [0.717, 1.165) is 16.8 Å². The van der Waals surface area contributed by atoms with Crippen LogP contribution in [-0.4, -0.2) is 30.3 Å². The molecule has 0 aliphatic heterocycles. The molecule has 7 heteroatoms. The highest BCUT2D eigenvalue weighted by molar-refractivity contribution is 5.93. The van der Waals surface area contributed by atoms with Crippen LogP contribution in [0.5, 0.6) is 11.5 Å². The van der Waals surface area contributed by atoms with Crippen LogP contribution in [-0.2, 0) is 17.6 Å². The van der Waals surface area contributed by atoms with E-state index in [2.05, 4.69) is 15.5 Å². The van der Waals surface area contributed by atoms with Crippen LogP contribution in [0.4, 0.5) is 5.69 Å². The summed E-state index contributed by atoms with van der Waals surface area (Å²) >= 11 is 0. The number of anilines is 1. The van der Waals surface area contributed by atoms with Crippen molar-refractivity contribution in [2.24, 2.45) is 0 Å². The SMILES string of the molecule is COc1ccc(CC(=O)Nc2ccccc2Cc2nc(C)no2)cc1OC. The van der Waals surface area contributed by atoms with Gasteiger partial charge in [0, 0.05) is 5.69 Å². The number of rotatable bonds is 7. The summed E-state index contributed by atoms with van der Waals surface area (Å²) in [5.41, 5.74) is 2.45. The number of hydrogen-bond acceptors (Lipinski definition) is 6. The topological polar surface area (TPSA) is 86.5 Å². The number of aryl methyl sites for hydroxylation is 1. The molecule has 7 nitrogen and oxygen atoms in total. The van der Waals surface area contributed by atoms with Crippen molar-refractivity contribution < 1.29 is 18.8 Å². The van der Waals surface area contributed by atoms with Crippen LogP contribution in [0, 0.1) is 6.92 Å². The first-order valence-corrected chi connectivity index (χ1v) is 8.47. The molecule has 0 radical (unpaired) electrons.